The van der Waals surface area contributed by atoms with Crippen molar-refractivity contribution in [3.05, 3.63) is 40.0 Å². The summed E-state index contributed by atoms with van der Waals surface area (Å²) in [4.78, 5) is 12.7. The number of rotatable bonds is 7. The molecule has 0 unspecified atom stereocenters. The van der Waals surface area contributed by atoms with Crippen LogP contribution in [-0.2, 0) is 6.42 Å². The van der Waals surface area contributed by atoms with Gasteiger partial charge >= 0.3 is 0 Å². The molecule has 146 valence electrons. The summed E-state index contributed by atoms with van der Waals surface area (Å²) in [5, 5.41) is 19.6. The fourth-order valence-corrected chi connectivity index (χ4v) is 4.04. The number of anilines is 1. The largest absolute Gasteiger partial charge is 0.493 e. The van der Waals surface area contributed by atoms with Crippen LogP contribution in [0.15, 0.2) is 18.2 Å². The summed E-state index contributed by atoms with van der Waals surface area (Å²) in [6, 6.07) is 7.95. The molecule has 3 aromatic rings. The number of hydrogen-bond donors (Lipinski definition) is 1. The van der Waals surface area contributed by atoms with Crippen LogP contribution in [-0.4, -0.2) is 49.5 Å². The first kappa shape index (κ1) is 19.9. The minimum Gasteiger partial charge on any atom is -0.493 e. The van der Waals surface area contributed by atoms with E-state index in [1.165, 1.54) is 11.3 Å². The Bertz CT molecular complexity index is 1040. The Hall–Kier alpha value is -2.89. The third kappa shape index (κ3) is 3.72. The van der Waals surface area contributed by atoms with Gasteiger partial charge in [-0.25, -0.2) is 9.97 Å². The van der Waals surface area contributed by atoms with Crippen molar-refractivity contribution in [2.45, 2.75) is 13.3 Å². The van der Waals surface area contributed by atoms with Crippen LogP contribution in [0.4, 0.5) is 5.82 Å². The molecule has 0 radical (unpaired) electrons. The maximum Gasteiger partial charge on any atom is 0.161 e. The number of nitrogens with zero attached hydrogens (tertiary/aromatic N) is 4. The molecule has 0 aliphatic rings. The summed E-state index contributed by atoms with van der Waals surface area (Å²) >= 11 is 1.37. The van der Waals surface area contributed by atoms with Crippen LogP contribution in [0.5, 0.6) is 11.5 Å². The summed E-state index contributed by atoms with van der Waals surface area (Å²) in [6.45, 7) is 2.37. The Morgan fingerprint density at radius 3 is 2.61 bits per heavy atom. The minimum atomic E-state index is 0.0152. The van der Waals surface area contributed by atoms with Gasteiger partial charge in [-0.2, -0.15) is 5.26 Å². The fourth-order valence-electron chi connectivity index (χ4n) is 3.05. The Balaban J connectivity index is 2.08. The smallest absolute Gasteiger partial charge is 0.161 e. The molecule has 0 bridgehead atoms. The van der Waals surface area contributed by atoms with Gasteiger partial charge in [-0.3, -0.25) is 0 Å². The maximum absolute atomic E-state index is 9.40. The lowest BCUT2D eigenvalue weighted by Crippen LogP contribution is -2.23. The number of benzene rings is 1. The lowest BCUT2D eigenvalue weighted by atomic mass is 10.1. The van der Waals surface area contributed by atoms with E-state index in [0.29, 0.717) is 35.2 Å². The van der Waals surface area contributed by atoms with Gasteiger partial charge in [0.05, 0.1) is 26.2 Å². The maximum atomic E-state index is 9.40. The molecule has 0 amide bonds. The number of likely N-dealkylation sites (N-methyl/N-ethyl adjacent to an activating group) is 1. The molecule has 0 saturated carbocycles. The Kier molecular flexibility index (Phi) is 5.97. The quantitative estimate of drug-likeness (QED) is 0.654. The minimum absolute atomic E-state index is 0.0152. The Morgan fingerprint density at radius 2 is 1.96 bits per heavy atom. The molecule has 0 aliphatic heterocycles. The van der Waals surface area contributed by atoms with Gasteiger partial charge < -0.3 is 19.5 Å². The highest BCUT2D eigenvalue weighted by atomic mass is 32.1. The van der Waals surface area contributed by atoms with Crippen molar-refractivity contribution in [1.29, 1.82) is 5.26 Å². The van der Waals surface area contributed by atoms with E-state index in [1.807, 2.05) is 37.1 Å². The van der Waals surface area contributed by atoms with Crippen molar-refractivity contribution in [1.82, 2.24) is 9.97 Å². The highest BCUT2D eigenvalue weighted by Gasteiger charge is 2.19. The molecule has 0 spiro atoms. The molecule has 3 rings (SSSR count). The third-order valence-electron chi connectivity index (χ3n) is 4.53. The molecule has 28 heavy (non-hydrogen) atoms. The van der Waals surface area contributed by atoms with Crippen molar-refractivity contribution in [3.8, 4) is 17.6 Å². The number of aryl methyl sites for hydroxylation is 1. The topological polar surface area (TPSA) is 91.5 Å². The Labute approximate surface area is 167 Å². The number of hydrogen-bond acceptors (Lipinski definition) is 8. The van der Waals surface area contributed by atoms with Crippen LogP contribution < -0.4 is 14.4 Å². The Morgan fingerprint density at radius 1 is 1.21 bits per heavy atom. The van der Waals surface area contributed by atoms with E-state index >= 15 is 0 Å². The number of aliphatic hydroxyl groups is 1. The van der Waals surface area contributed by atoms with Gasteiger partial charge in [-0.1, -0.05) is 6.07 Å². The summed E-state index contributed by atoms with van der Waals surface area (Å²) in [5.41, 5.74) is 1.86. The van der Waals surface area contributed by atoms with Crippen molar-refractivity contribution in [2.75, 3.05) is 39.3 Å². The summed E-state index contributed by atoms with van der Waals surface area (Å²) in [6.07, 6.45) is 0.509. The average molecular weight is 398 g/mol. The number of ether oxygens (including phenoxy) is 2. The van der Waals surface area contributed by atoms with Gasteiger partial charge in [-0.15, -0.1) is 11.3 Å². The van der Waals surface area contributed by atoms with Crippen LogP contribution in [0.3, 0.4) is 0 Å². The van der Waals surface area contributed by atoms with Crippen molar-refractivity contribution >= 4 is 27.4 Å². The first-order valence-electron chi connectivity index (χ1n) is 8.75. The predicted octanol–water partition coefficient (Wildman–Crippen LogP) is 2.91. The first-order chi connectivity index (χ1) is 13.5. The number of thiophene rings is 1. The van der Waals surface area contributed by atoms with E-state index in [0.717, 1.165) is 27.2 Å². The van der Waals surface area contributed by atoms with Crippen LogP contribution in [0, 0.1) is 18.3 Å². The number of aromatic nitrogens is 2. The van der Waals surface area contributed by atoms with Gasteiger partial charge in [0.25, 0.3) is 0 Å². The predicted molar refractivity (Wildman–Crippen MR) is 110 cm³/mol. The van der Waals surface area contributed by atoms with Crippen LogP contribution in [0.25, 0.3) is 10.2 Å². The molecule has 7 nitrogen and oxygen atoms in total. The molecule has 0 saturated heterocycles. The lowest BCUT2D eigenvalue weighted by molar-refractivity contribution is 0.304. The molecular weight excluding hydrogens is 376 g/mol. The molecule has 1 N–H and O–H groups in total. The monoisotopic (exact) mass is 398 g/mol. The standard InChI is InChI=1S/C20H22N4O3S/c1-12-16(11-21)28-20-18(12)19(24(2)7-8-25)22-17(23-20)10-13-5-6-14(26-3)15(9-13)27-4/h5-6,9,25H,7-8,10H2,1-4H3. The second-order valence-electron chi connectivity index (χ2n) is 6.32. The van der Waals surface area contributed by atoms with E-state index in [1.54, 1.807) is 14.2 Å². The first-order valence-corrected chi connectivity index (χ1v) is 9.57. The van der Waals surface area contributed by atoms with Crippen LogP contribution >= 0.6 is 11.3 Å². The van der Waals surface area contributed by atoms with Gasteiger partial charge in [0, 0.05) is 20.0 Å². The second kappa shape index (κ2) is 8.42. The second-order valence-corrected chi connectivity index (χ2v) is 7.32. The zero-order valence-corrected chi connectivity index (χ0v) is 17.1. The normalized spacial score (nSPS) is 10.7. The number of methoxy groups -OCH3 is 2. The van der Waals surface area contributed by atoms with Crippen LogP contribution in [0.2, 0.25) is 0 Å². The molecule has 0 fully saturated rings. The molecule has 2 aromatic heterocycles. The molecule has 1 aromatic carbocycles. The molecule has 0 aliphatic carbocycles. The molecule has 2 heterocycles. The number of fused-ring (bicyclic) bond motifs is 1. The van der Waals surface area contributed by atoms with Crippen LogP contribution in [0.1, 0.15) is 21.8 Å². The van der Waals surface area contributed by atoms with Gasteiger partial charge in [0.2, 0.25) is 0 Å². The van der Waals surface area contributed by atoms with E-state index in [9.17, 15) is 10.4 Å². The lowest BCUT2D eigenvalue weighted by Gasteiger charge is -2.19. The summed E-state index contributed by atoms with van der Waals surface area (Å²) < 4.78 is 10.7. The fraction of sp³-hybridized carbons (Fsp3) is 0.350. The zero-order chi connectivity index (χ0) is 20.3. The van der Waals surface area contributed by atoms with E-state index in [2.05, 4.69) is 6.07 Å². The van der Waals surface area contributed by atoms with Crippen molar-refractivity contribution in [3.63, 3.8) is 0 Å². The van der Waals surface area contributed by atoms with Crippen molar-refractivity contribution in [2.24, 2.45) is 0 Å². The molecular formula is C20H22N4O3S. The third-order valence-corrected chi connectivity index (χ3v) is 5.62. The SMILES string of the molecule is COc1ccc(Cc2nc(N(C)CCO)c3c(C)c(C#N)sc3n2)cc1OC. The van der Waals surface area contributed by atoms with E-state index < -0.39 is 0 Å². The molecule has 0 atom stereocenters. The summed E-state index contributed by atoms with van der Waals surface area (Å²) in [5.74, 6) is 2.69. The van der Waals surface area contributed by atoms with Gasteiger partial charge in [0.1, 0.15) is 27.4 Å². The van der Waals surface area contributed by atoms with Gasteiger partial charge in [0.15, 0.2) is 11.5 Å². The number of nitriles is 1. The summed E-state index contributed by atoms with van der Waals surface area (Å²) in [7, 11) is 5.08. The molecule has 8 heteroatoms. The number of aliphatic hydroxyl groups excluding tert-OH is 1. The highest BCUT2D eigenvalue weighted by molar-refractivity contribution is 7.19. The van der Waals surface area contributed by atoms with E-state index in [4.69, 9.17) is 19.4 Å². The zero-order valence-electron chi connectivity index (χ0n) is 16.3. The highest BCUT2D eigenvalue weighted by Crippen LogP contribution is 2.35. The van der Waals surface area contributed by atoms with Crippen molar-refractivity contribution < 1.29 is 14.6 Å². The van der Waals surface area contributed by atoms with Gasteiger partial charge in [-0.05, 0) is 30.2 Å². The average Bonchev–Trinajstić information content (AvgIpc) is 3.03. The van der Waals surface area contributed by atoms with E-state index in [-0.39, 0.29) is 6.61 Å².